The second kappa shape index (κ2) is 11.3. The molecule has 194 valence electrons. The Morgan fingerprint density at radius 3 is 2.70 bits per heavy atom. The van der Waals surface area contributed by atoms with E-state index >= 15 is 0 Å². The van der Waals surface area contributed by atoms with Crippen molar-refractivity contribution in [2.75, 3.05) is 26.4 Å². The fraction of sp³-hybridized carbons (Fsp3) is 0.357. The molecule has 0 aliphatic carbocycles. The lowest BCUT2D eigenvalue weighted by atomic mass is 9.93. The van der Waals surface area contributed by atoms with Crippen molar-refractivity contribution in [3.05, 3.63) is 79.5 Å². The Labute approximate surface area is 230 Å². The summed E-state index contributed by atoms with van der Waals surface area (Å²) in [5, 5.41) is 3.12. The van der Waals surface area contributed by atoms with Gasteiger partial charge in [-0.15, -0.1) is 11.3 Å². The Morgan fingerprint density at radius 1 is 1.05 bits per heavy atom. The van der Waals surface area contributed by atoms with Gasteiger partial charge in [0.15, 0.2) is 11.5 Å². The van der Waals surface area contributed by atoms with E-state index in [0.717, 1.165) is 36.8 Å². The highest BCUT2D eigenvalue weighted by Crippen LogP contribution is 2.41. The summed E-state index contributed by atoms with van der Waals surface area (Å²) >= 11 is 14.5. The molecule has 6 nitrogen and oxygen atoms in total. The lowest BCUT2D eigenvalue weighted by molar-refractivity contribution is -0.134. The Bertz CT molecular complexity index is 1310. The molecule has 2 amide bonds. The van der Waals surface area contributed by atoms with Crippen molar-refractivity contribution < 1.29 is 19.1 Å². The Morgan fingerprint density at radius 2 is 1.89 bits per heavy atom. The van der Waals surface area contributed by atoms with Crippen LogP contribution in [0.2, 0.25) is 10.0 Å². The molecular weight excluding hydrogens is 531 g/mol. The van der Waals surface area contributed by atoms with Crippen LogP contribution in [0.15, 0.2) is 47.8 Å². The van der Waals surface area contributed by atoms with Gasteiger partial charge in [0.2, 0.25) is 12.7 Å². The summed E-state index contributed by atoms with van der Waals surface area (Å²) < 4.78 is 10.8. The number of unbranched alkanes of at least 4 members (excludes halogenated alkanes) is 2. The molecule has 3 heterocycles. The van der Waals surface area contributed by atoms with Gasteiger partial charge in [0, 0.05) is 33.6 Å². The molecule has 3 aromatic rings. The van der Waals surface area contributed by atoms with Crippen LogP contribution in [0, 0.1) is 0 Å². The standard InChI is InChI=1S/C28H28Cl2N2O4S/c1-2-3-4-11-31(28(34)18-5-8-23-24(14-18)36-17-35-23)16-26(33)32-12-9-25-21(10-13-37-25)27(32)20-7-6-19(29)15-22(20)30/h5-8,10,13-15,27H,2-4,9,11-12,16-17H2,1H3. The van der Waals surface area contributed by atoms with Gasteiger partial charge >= 0.3 is 0 Å². The molecule has 5 rings (SSSR count). The largest absolute Gasteiger partial charge is 0.454 e. The van der Waals surface area contributed by atoms with Crippen molar-refractivity contribution in [3.63, 3.8) is 0 Å². The maximum absolute atomic E-state index is 13.9. The molecule has 0 saturated heterocycles. The average molecular weight is 560 g/mol. The van der Waals surface area contributed by atoms with Gasteiger partial charge in [0.25, 0.3) is 5.91 Å². The maximum atomic E-state index is 13.9. The smallest absolute Gasteiger partial charge is 0.254 e. The molecule has 0 bridgehead atoms. The number of hydrogen-bond acceptors (Lipinski definition) is 5. The lowest BCUT2D eigenvalue weighted by Crippen LogP contribution is -2.47. The minimum Gasteiger partial charge on any atom is -0.454 e. The van der Waals surface area contributed by atoms with Crippen LogP contribution in [0.3, 0.4) is 0 Å². The molecular formula is C28H28Cl2N2O4S. The number of amides is 2. The van der Waals surface area contributed by atoms with Gasteiger partial charge in [0.1, 0.15) is 6.54 Å². The highest BCUT2D eigenvalue weighted by Gasteiger charge is 2.35. The van der Waals surface area contributed by atoms with Gasteiger partial charge < -0.3 is 19.3 Å². The fourth-order valence-corrected chi connectivity index (χ4v) is 6.33. The lowest BCUT2D eigenvalue weighted by Gasteiger charge is -2.38. The highest BCUT2D eigenvalue weighted by atomic mass is 35.5. The number of benzene rings is 2. The summed E-state index contributed by atoms with van der Waals surface area (Å²) in [6.07, 6.45) is 3.59. The monoisotopic (exact) mass is 558 g/mol. The van der Waals surface area contributed by atoms with E-state index in [9.17, 15) is 9.59 Å². The van der Waals surface area contributed by atoms with Gasteiger partial charge in [-0.3, -0.25) is 9.59 Å². The number of nitrogens with zero attached hydrogens (tertiary/aromatic N) is 2. The average Bonchev–Trinajstić information content (AvgIpc) is 3.56. The van der Waals surface area contributed by atoms with Crippen molar-refractivity contribution in [2.24, 2.45) is 0 Å². The predicted octanol–water partition coefficient (Wildman–Crippen LogP) is 6.59. The normalized spacial score (nSPS) is 16.0. The zero-order valence-electron chi connectivity index (χ0n) is 20.5. The number of rotatable bonds is 8. The Hall–Kier alpha value is -2.74. The first kappa shape index (κ1) is 25.9. The molecule has 1 atom stereocenters. The molecule has 0 N–H and O–H groups in total. The maximum Gasteiger partial charge on any atom is 0.254 e. The molecule has 0 spiro atoms. The third kappa shape index (κ3) is 5.44. The van der Waals surface area contributed by atoms with Crippen LogP contribution < -0.4 is 9.47 Å². The van der Waals surface area contributed by atoms with Crippen molar-refractivity contribution in [3.8, 4) is 11.5 Å². The Balaban J connectivity index is 1.42. The van der Waals surface area contributed by atoms with E-state index in [1.807, 2.05) is 11.0 Å². The van der Waals surface area contributed by atoms with Crippen LogP contribution in [-0.2, 0) is 11.2 Å². The van der Waals surface area contributed by atoms with Gasteiger partial charge in [0.05, 0.1) is 6.04 Å². The molecule has 2 aromatic carbocycles. The predicted molar refractivity (Wildman–Crippen MR) is 146 cm³/mol. The van der Waals surface area contributed by atoms with E-state index in [1.54, 1.807) is 46.6 Å². The summed E-state index contributed by atoms with van der Waals surface area (Å²) in [6.45, 7) is 3.29. The first-order valence-corrected chi connectivity index (χ1v) is 14.1. The number of fused-ring (bicyclic) bond motifs is 2. The summed E-state index contributed by atoms with van der Waals surface area (Å²) in [7, 11) is 0. The SMILES string of the molecule is CCCCCN(CC(=O)N1CCc2sccc2C1c1ccc(Cl)cc1Cl)C(=O)c1ccc2c(c1)OCO2. The number of ether oxygens (including phenoxy) is 2. The zero-order valence-corrected chi connectivity index (χ0v) is 22.9. The number of hydrogen-bond donors (Lipinski definition) is 0. The Kier molecular flexibility index (Phi) is 7.93. The van der Waals surface area contributed by atoms with E-state index < -0.39 is 0 Å². The van der Waals surface area contributed by atoms with E-state index in [4.69, 9.17) is 32.7 Å². The van der Waals surface area contributed by atoms with Gasteiger partial charge in [-0.2, -0.15) is 0 Å². The first-order valence-electron chi connectivity index (χ1n) is 12.5. The third-order valence-electron chi connectivity index (χ3n) is 6.81. The summed E-state index contributed by atoms with van der Waals surface area (Å²) in [4.78, 5) is 32.2. The summed E-state index contributed by atoms with van der Waals surface area (Å²) in [5.74, 6) is 0.854. The van der Waals surface area contributed by atoms with Crippen LogP contribution in [0.25, 0.3) is 0 Å². The molecule has 2 aliphatic heterocycles. The van der Waals surface area contributed by atoms with E-state index in [1.165, 1.54) is 4.88 Å². The fourth-order valence-electron chi connectivity index (χ4n) is 4.92. The van der Waals surface area contributed by atoms with Crippen LogP contribution in [0.4, 0.5) is 0 Å². The molecule has 0 saturated carbocycles. The van der Waals surface area contributed by atoms with Gasteiger partial charge in [-0.25, -0.2) is 0 Å². The summed E-state index contributed by atoms with van der Waals surface area (Å²) in [6, 6.07) is 12.3. The van der Waals surface area contributed by atoms with Gasteiger partial charge in [-0.1, -0.05) is 49.0 Å². The first-order chi connectivity index (χ1) is 18.0. The van der Waals surface area contributed by atoms with Crippen LogP contribution in [0.1, 0.15) is 58.6 Å². The van der Waals surface area contributed by atoms with Crippen molar-refractivity contribution in [1.29, 1.82) is 0 Å². The topological polar surface area (TPSA) is 59.1 Å². The minimum atomic E-state index is -0.328. The van der Waals surface area contributed by atoms with Crippen molar-refractivity contribution >= 4 is 46.4 Å². The minimum absolute atomic E-state index is 0.0157. The van der Waals surface area contributed by atoms with Crippen LogP contribution in [-0.4, -0.2) is 48.0 Å². The van der Waals surface area contributed by atoms with Crippen molar-refractivity contribution in [2.45, 2.75) is 38.6 Å². The van der Waals surface area contributed by atoms with E-state index in [-0.39, 0.29) is 31.2 Å². The number of carbonyl (C=O) groups is 2. The third-order valence-corrected chi connectivity index (χ3v) is 8.37. The van der Waals surface area contributed by atoms with Crippen molar-refractivity contribution in [1.82, 2.24) is 9.80 Å². The number of halogens is 2. The van der Waals surface area contributed by atoms with Crippen LogP contribution >= 0.6 is 34.5 Å². The molecule has 9 heteroatoms. The summed E-state index contributed by atoms with van der Waals surface area (Å²) in [5.41, 5.74) is 2.39. The number of carbonyl (C=O) groups excluding carboxylic acids is 2. The van der Waals surface area contributed by atoms with E-state index in [2.05, 4.69) is 18.4 Å². The molecule has 0 radical (unpaired) electrons. The molecule has 2 aliphatic rings. The van der Waals surface area contributed by atoms with Crippen LogP contribution in [0.5, 0.6) is 11.5 Å². The molecule has 1 aromatic heterocycles. The molecule has 37 heavy (non-hydrogen) atoms. The van der Waals surface area contributed by atoms with Gasteiger partial charge in [-0.05, 0) is 65.7 Å². The second-order valence-electron chi connectivity index (χ2n) is 9.21. The van der Waals surface area contributed by atoms with E-state index in [0.29, 0.717) is 40.2 Å². The number of thiophene rings is 1. The molecule has 1 unspecified atom stereocenters. The highest BCUT2D eigenvalue weighted by molar-refractivity contribution is 7.10. The quantitative estimate of drug-likeness (QED) is 0.292. The second-order valence-corrected chi connectivity index (χ2v) is 11.1. The zero-order chi connectivity index (χ0) is 25.9. The molecule has 0 fully saturated rings.